The van der Waals surface area contributed by atoms with E-state index in [-0.39, 0.29) is 27.9 Å². The highest BCUT2D eigenvalue weighted by atomic mass is 32.2. The van der Waals surface area contributed by atoms with Gasteiger partial charge in [0.05, 0.1) is 29.8 Å². The lowest BCUT2D eigenvalue weighted by Gasteiger charge is -2.38. The Balaban J connectivity index is 1.15. The van der Waals surface area contributed by atoms with Gasteiger partial charge in [0.2, 0.25) is 20.0 Å². The fraction of sp³-hybridized carbons (Fsp3) is 0.471. The molecule has 11 nitrogen and oxygen atoms in total. The molecule has 2 aliphatic heterocycles. The zero-order valence-electron chi connectivity index (χ0n) is 26.9. The van der Waals surface area contributed by atoms with E-state index in [0.717, 1.165) is 29.5 Å². The highest BCUT2D eigenvalue weighted by Gasteiger charge is 2.45. The van der Waals surface area contributed by atoms with E-state index in [2.05, 4.69) is 4.72 Å². The number of nitrogens with zero attached hydrogens (tertiary/aromatic N) is 1. The maximum absolute atomic E-state index is 14.0. The number of piperidine rings is 1. The van der Waals surface area contributed by atoms with E-state index in [0.29, 0.717) is 63.6 Å². The van der Waals surface area contributed by atoms with Gasteiger partial charge in [0.1, 0.15) is 23.0 Å². The number of hydrogen-bond donors (Lipinski definition) is 3. The van der Waals surface area contributed by atoms with Crippen LogP contribution in [0.4, 0.5) is 0 Å². The molecule has 2 saturated heterocycles. The number of hydrogen-bond acceptors (Lipinski definition) is 9. The van der Waals surface area contributed by atoms with Gasteiger partial charge in [-0.05, 0) is 92.9 Å². The zero-order valence-corrected chi connectivity index (χ0v) is 28.6. The second kappa shape index (κ2) is 15.0. The molecule has 2 aliphatic rings. The third-order valence-electron chi connectivity index (χ3n) is 9.04. The minimum absolute atomic E-state index is 0.0402. The molecule has 3 aromatic carbocycles. The normalized spacial score (nSPS) is 19.1. The van der Waals surface area contributed by atoms with Gasteiger partial charge in [-0.1, -0.05) is 36.4 Å². The maximum Gasteiger partial charge on any atom is 0.246 e. The highest BCUT2D eigenvalue weighted by Crippen LogP contribution is 2.42. The number of rotatable bonds is 14. The van der Waals surface area contributed by atoms with Crippen molar-refractivity contribution in [2.75, 3.05) is 40.0 Å². The first-order valence-electron chi connectivity index (χ1n) is 16.0. The third kappa shape index (κ3) is 8.34. The van der Waals surface area contributed by atoms with Crippen LogP contribution < -0.4 is 19.9 Å². The lowest BCUT2D eigenvalue weighted by molar-refractivity contribution is -0.0314. The van der Waals surface area contributed by atoms with Crippen molar-refractivity contribution in [3.63, 3.8) is 0 Å². The van der Waals surface area contributed by atoms with Crippen molar-refractivity contribution in [2.24, 2.45) is 11.7 Å². The summed E-state index contributed by atoms with van der Waals surface area (Å²) in [4.78, 5) is 0.254. The first-order chi connectivity index (χ1) is 22.5. The molecule has 0 saturated carbocycles. The lowest BCUT2D eigenvalue weighted by atomic mass is 9.84. The van der Waals surface area contributed by atoms with E-state index in [1.165, 1.54) is 23.5 Å². The second-order valence-electron chi connectivity index (χ2n) is 12.2. The van der Waals surface area contributed by atoms with E-state index in [1.54, 1.807) is 24.3 Å². The Hall–Kier alpha value is -3.04. The number of aliphatic hydroxyl groups excluding tert-OH is 1. The molecule has 0 aromatic heterocycles. The highest BCUT2D eigenvalue weighted by molar-refractivity contribution is 7.89. The Morgan fingerprint density at radius 3 is 2.43 bits per heavy atom. The summed E-state index contributed by atoms with van der Waals surface area (Å²) in [5, 5.41) is 10.6. The van der Waals surface area contributed by atoms with Gasteiger partial charge in [-0.2, -0.15) is 4.31 Å². The van der Waals surface area contributed by atoms with Crippen LogP contribution in [0.25, 0.3) is 11.1 Å². The number of sulfonamides is 2. The van der Waals surface area contributed by atoms with Crippen molar-refractivity contribution < 1.29 is 36.2 Å². The van der Waals surface area contributed by atoms with Crippen LogP contribution in [0.15, 0.2) is 76.5 Å². The molecule has 5 rings (SSSR count). The molecule has 2 fully saturated rings. The first-order valence-corrected chi connectivity index (χ1v) is 19.0. The predicted octanol–water partition coefficient (Wildman–Crippen LogP) is 3.90. The summed E-state index contributed by atoms with van der Waals surface area (Å²) >= 11 is 0. The van der Waals surface area contributed by atoms with E-state index < -0.39 is 26.2 Å². The van der Waals surface area contributed by atoms with Gasteiger partial charge < -0.3 is 25.1 Å². The monoisotopic (exact) mass is 687 g/mol. The number of nitrogens with one attached hydrogen (secondary N) is 1. The SMILES string of the molecule is CCOc1ccc(-c2ccc(CN)cc2)cc1S(=O)(=O)N1CCC2(CC1)C[C@@H](CC[C@H](O)COc1cccc(S(=O)(=O)NC)c1)CO2. The molecule has 0 unspecified atom stereocenters. The average molecular weight is 688 g/mol. The molecule has 0 aliphatic carbocycles. The zero-order chi connectivity index (χ0) is 33.7. The van der Waals surface area contributed by atoms with Crippen molar-refractivity contribution in [3.8, 4) is 22.6 Å². The van der Waals surface area contributed by atoms with Crippen LogP contribution in [0.2, 0.25) is 0 Å². The molecule has 3 aromatic rings. The molecular weight excluding hydrogens is 643 g/mol. The van der Waals surface area contributed by atoms with E-state index in [9.17, 15) is 21.9 Å². The molecule has 0 amide bonds. The molecular formula is C34H45N3O8S2. The summed E-state index contributed by atoms with van der Waals surface area (Å²) in [5.41, 5.74) is 8.04. The maximum atomic E-state index is 14.0. The Morgan fingerprint density at radius 2 is 1.74 bits per heavy atom. The van der Waals surface area contributed by atoms with Crippen molar-refractivity contribution in [3.05, 3.63) is 72.3 Å². The third-order valence-corrected chi connectivity index (χ3v) is 12.4. The number of benzene rings is 3. The Bertz CT molecular complexity index is 1720. The lowest BCUT2D eigenvalue weighted by Crippen LogP contribution is -2.46. The minimum Gasteiger partial charge on any atom is -0.492 e. The van der Waals surface area contributed by atoms with E-state index >= 15 is 0 Å². The van der Waals surface area contributed by atoms with Gasteiger partial charge in [-0.25, -0.2) is 21.6 Å². The fourth-order valence-electron chi connectivity index (χ4n) is 6.30. The van der Waals surface area contributed by atoms with Gasteiger partial charge in [-0.3, -0.25) is 0 Å². The molecule has 2 heterocycles. The van der Waals surface area contributed by atoms with Crippen LogP contribution in [-0.4, -0.2) is 77.9 Å². The molecule has 1 spiro atoms. The minimum atomic E-state index is -3.83. The van der Waals surface area contributed by atoms with Crippen molar-refractivity contribution in [2.45, 2.75) is 67.1 Å². The van der Waals surface area contributed by atoms with Crippen LogP contribution >= 0.6 is 0 Å². The van der Waals surface area contributed by atoms with Crippen LogP contribution in [0.3, 0.4) is 0 Å². The largest absolute Gasteiger partial charge is 0.492 e. The number of aliphatic hydroxyl groups is 1. The van der Waals surface area contributed by atoms with Gasteiger partial charge in [0, 0.05) is 25.7 Å². The molecule has 2 atom stereocenters. The molecule has 47 heavy (non-hydrogen) atoms. The van der Waals surface area contributed by atoms with Gasteiger partial charge >= 0.3 is 0 Å². The molecule has 0 radical (unpaired) electrons. The Kier molecular flexibility index (Phi) is 11.3. The number of nitrogens with two attached hydrogens (primary N) is 1. The standard InChI is InChI=1S/C34H45N3O8S2/c1-3-43-32-14-12-28(27-10-7-25(22-35)8-11-27)19-33(32)47(41,42)37-17-15-34(16-18-37)21-26(23-45-34)9-13-29(38)24-44-30-5-4-6-31(20-30)46(39,40)36-2/h4-8,10-12,14,19-20,26,29,36,38H,3,9,13,15-18,21-24,35H2,1-2H3/t26-,29+/m1/s1. The fourth-order valence-corrected chi connectivity index (χ4v) is 8.66. The number of ether oxygens (including phenoxy) is 3. The van der Waals surface area contributed by atoms with Crippen LogP contribution in [-0.2, 0) is 31.3 Å². The van der Waals surface area contributed by atoms with Gasteiger partial charge in [0.15, 0.2) is 0 Å². The topological polar surface area (TPSA) is 157 Å². The molecule has 13 heteroatoms. The summed E-state index contributed by atoms with van der Waals surface area (Å²) in [6, 6.07) is 19.2. The smallest absolute Gasteiger partial charge is 0.246 e. The molecule has 256 valence electrons. The van der Waals surface area contributed by atoms with E-state index in [1.807, 2.05) is 37.3 Å². The predicted molar refractivity (Wildman–Crippen MR) is 179 cm³/mol. The summed E-state index contributed by atoms with van der Waals surface area (Å²) in [5.74, 6) is 0.945. The van der Waals surface area contributed by atoms with Crippen molar-refractivity contribution in [1.82, 2.24) is 9.03 Å². The summed E-state index contributed by atoms with van der Waals surface area (Å²) < 4.78 is 73.6. The second-order valence-corrected chi connectivity index (χ2v) is 16.0. The van der Waals surface area contributed by atoms with Crippen molar-refractivity contribution in [1.29, 1.82) is 0 Å². The Morgan fingerprint density at radius 1 is 1.02 bits per heavy atom. The van der Waals surface area contributed by atoms with Crippen LogP contribution in [0.1, 0.15) is 44.6 Å². The van der Waals surface area contributed by atoms with Gasteiger partial charge in [0.25, 0.3) is 0 Å². The van der Waals surface area contributed by atoms with Crippen molar-refractivity contribution >= 4 is 20.0 Å². The summed E-state index contributed by atoms with van der Waals surface area (Å²) in [6.45, 7) is 3.90. The van der Waals surface area contributed by atoms with E-state index in [4.69, 9.17) is 19.9 Å². The summed E-state index contributed by atoms with van der Waals surface area (Å²) in [7, 11) is -6.08. The molecule has 0 bridgehead atoms. The Labute approximate surface area is 278 Å². The quantitative estimate of drug-likeness (QED) is 0.229. The van der Waals surface area contributed by atoms with Crippen LogP contribution in [0, 0.1) is 5.92 Å². The molecule has 4 N–H and O–H groups in total. The van der Waals surface area contributed by atoms with Crippen LogP contribution in [0.5, 0.6) is 11.5 Å². The van der Waals surface area contributed by atoms with Gasteiger partial charge in [-0.15, -0.1) is 0 Å². The summed E-state index contributed by atoms with van der Waals surface area (Å²) in [6.07, 6.45) is 2.49. The average Bonchev–Trinajstić information content (AvgIpc) is 3.48. The first kappa shape index (κ1) is 35.3.